The van der Waals surface area contributed by atoms with Gasteiger partial charge in [0.2, 0.25) is 5.91 Å². The Morgan fingerprint density at radius 1 is 1.32 bits per heavy atom. The van der Waals surface area contributed by atoms with Crippen LogP contribution in [0.1, 0.15) is 24.6 Å². The molecule has 0 radical (unpaired) electrons. The number of ether oxygens (including phenoxy) is 1. The molecule has 10 heteroatoms. The number of carbonyl (C=O) groups excluding carboxylic acids is 2. The minimum atomic E-state index is -3.66. The number of amides is 2. The molecule has 2 N–H and O–H groups in total. The van der Waals surface area contributed by atoms with Gasteiger partial charge in [-0.15, -0.1) is 11.3 Å². The van der Waals surface area contributed by atoms with E-state index in [-0.39, 0.29) is 28.8 Å². The number of carbonyl (C=O) groups is 2. The van der Waals surface area contributed by atoms with Crippen molar-refractivity contribution in [3.8, 4) is 0 Å². The Labute approximate surface area is 151 Å². The van der Waals surface area contributed by atoms with Gasteiger partial charge in [0.05, 0.1) is 13.2 Å². The summed E-state index contributed by atoms with van der Waals surface area (Å²) >= 11 is 1.16. The van der Waals surface area contributed by atoms with Crippen LogP contribution in [0.4, 0.5) is 4.79 Å². The Hall–Kier alpha value is -1.65. The van der Waals surface area contributed by atoms with Gasteiger partial charge in [0.1, 0.15) is 4.21 Å². The van der Waals surface area contributed by atoms with Crippen LogP contribution in [0.25, 0.3) is 0 Å². The van der Waals surface area contributed by atoms with E-state index in [1.54, 1.807) is 17.9 Å². The molecule has 0 aliphatic carbocycles. The fraction of sp³-hybridized carbons (Fsp3) is 0.600. The van der Waals surface area contributed by atoms with Crippen molar-refractivity contribution in [1.82, 2.24) is 14.9 Å². The third-order valence-electron chi connectivity index (χ3n) is 3.79. The highest BCUT2D eigenvalue weighted by Gasteiger charge is 2.25. The van der Waals surface area contributed by atoms with Crippen molar-refractivity contribution in [2.45, 2.75) is 36.9 Å². The average molecular weight is 389 g/mol. The normalized spacial score (nSPS) is 15.8. The van der Waals surface area contributed by atoms with Crippen LogP contribution in [-0.4, -0.2) is 57.6 Å². The number of likely N-dealkylation sites (tertiary alicyclic amines) is 1. The van der Waals surface area contributed by atoms with Crippen LogP contribution < -0.4 is 10.0 Å². The molecule has 0 bridgehead atoms. The number of sulfonamides is 1. The van der Waals surface area contributed by atoms with E-state index in [4.69, 9.17) is 4.74 Å². The fourth-order valence-corrected chi connectivity index (χ4v) is 4.80. The molecule has 140 valence electrons. The lowest BCUT2D eigenvalue weighted by molar-refractivity contribution is -0.120. The van der Waals surface area contributed by atoms with E-state index in [1.807, 2.05) is 6.92 Å². The summed E-state index contributed by atoms with van der Waals surface area (Å²) in [5.41, 5.74) is 0. The van der Waals surface area contributed by atoms with Gasteiger partial charge in [-0.25, -0.2) is 17.9 Å². The highest BCUT2D eigenvalue weighted by atomic mass is 32.2. The van der Waals surface area contributed by atoms with Crippen LogP contribution in [0.3, 0.4) is 0 Å². The molecule has 0 saturated carbocycles. The molecule has 25 heavy (non-hydrogen) atoms. The summed E-state index contributed by atoms with van der Waals surface area (Å²) in [7, 11) is -3.66. The number of nitrogens with zero attached hydrogens (tertiary/aromatic N) is 1. The number of hydrogen-bond donors (Lipinski definition) is 2. The summed E-state index contributed by atoms with van der Waals surface area (Å²) in [6.45, 7) is 4.60. The molecular weight excluding hydrogens is 366 g/mol. The van der Waals surface area contributed by atoms with Gasteiger partial charge < -0.3 is 15.0 Å². The van der Waals surface area contributed by atoms with Crippen LogP contribution in [0.2, 0.25) is 0 Å². The zero-order valence-electron chi connectivity index (χ0n) is 14.3. The molecule has 1 saturated heterocycles. The molecule has 2 amide bonds. The van der Waals surface area contributed by atoms with Crippen molar-refractivity contribution >= 4 is 33.4 Å². The lowest BCUT2D eigenvalue weighted by Crippen LogP contribution is -2.48. The summed E-state index contributed by atoms with van der Waals surface area (Å²) in [5, 5.41) is 2.80. The summed E-state index contributed by atoms with van der Waals surface area (Å²) in [6, 6.07) is 3.16. The summed E-state index contributed by atoms with van der Waals surface area (Å²) in [5.74, 6) is -0.383. The predicted molar refractivity (Wildman–Crippen MR) is 94.0 cm³/mol. The quantitative estimate of drug-likeness (QED) is 0.757. The smallest absolute Gasteiger partial charge is 0.409 e. The number of hydrogen-bond acceptors (Lipinski definition) is 6. The maximum Gasteiger partial charge on any atom is 0.409 e. The highest BCUT2D eigenvalue weighted by molar-refractivity contribution is 7.91. The monoisotopic (exact) mass is 389 g/mol. The molecule has 1 fully saturated rings. The Bertz CT molecular complexity index is 709. The van der Waals surface area contributed by atoms with E-state index >= 15 is 0 Å². The van der Waals surface area contributed by atoms with Gasteiger partial charge in [-0.1, -0.05) is 0 Å². The van der Waals surface area contributed by atoms with Crippen LogP contribution in [0.5, 0.6) is 0 Å². The van der Waals surface area contributed by atoms with Gasteiger partial charge in [0.25, 0.3) is 10.0 Å². The molecule has 0 atom stereocenters. The molecule has 2 rings (SSSR count). The van der Waals surface area contributed by atoms with E-state index in [0.717, 1.165) is 16.2 Å². The molecule has 1 aromatic rings. The number of piperidine rings is 1. The van der Waals surface area contributed by atoms with Gasteiger partial charge in [-0.05, 0) is 38.8 Å². The van der Waals surface area contributed by atoms with Crippen molar-refractivity contribution < 1.29 is 22.7 Å². The average Bonchev–Trinajstić information content (AvgIpc) is 3.01. The van der Waals surface area contributed by atoms with Gasteiger partial charge in [0.15, 0.2) is 0 Å². The molecule has 1 aliphatic rings. The lowest BCUT2D eigenvalue weighted by Gasteiger charge is -2.31. The molecule has 0 aromatic carbocycles. The van der Waals surface area contributed by atoms with Gasteiger partial charge in [-0.3, -0.25) is 4.79 Å². The maximum absolute atomic E-state index is 12.1. The van der Waals surface area contributed by atoms with Crippen molar-refractivity contribution in [1.29, 1.82) is 0 Å². The van der Waals surface area contributed by atoms with Crippen molar-refractivity contribution in [2.24, 2.45) is 0 Å². The van der Waals surface area contributed by atoms with Crippen LogP contribution in [-0.2, 0) is 19.6 Å². The van der Waals surface area contributed by atoms with Crippen LogP contribution in [0.15, 0.2) is 16.3 Å². The second-order valence-corrected chi connectivity index (χ2v) is 9.00. The van der Waals surface area contributed by atoms with Crippen molar-refractivity contribution in [3.63, 3.8) is 0 Å². The molecule has 2 heterocycles. The zero-order valence-corrected chi connectivity index (χ0v) is 15.9. The van der Waals surface area contributed by atoms with E-state index in [1.165, 1.54) is 6.07 Å². The van der Waals surface area contributed by atoms with Crippen LogP contribution >= 0.6 is 11.3 Å². The second kappa shape index (κ2) is 8.63. The molecule has 1 aliphatic heterocycles. The largest absolute Gasteiger partial charge is 0.450 e. The third kappa shape index (κ3) is 5.68. The van der Waals surface area contributed by atoms with Crippen molar-refractivity contribution in [2.75, 3.05) is 26.2 Å². The van der Waals surface area contributed by atoms with Gasteiger partial charge in [0, 0.05) is 24.0 Å². The first-order valence-electron chi connectivity index (χ1n) is 8.09. The lowest BCUT2D eigenvalue weighted by atomic mass is 10.1. The van der Waals surface area contributed by atoms with Crippen molar-refractivity contribution in [3.05, 3.63) is 17.0 Å². The van der Waals surface area contributed by atoms with E-state index in [9.17, 15) is 18.0 Å². The summed E-state index contributed by atoms with van der Waals surface area (Å²) in [4.78, 5) is 26.1. The molecule has 0 unspecified atom stereocenters. The second-order valence-electron chi connectivity index (χ2n) is 5.72. The Balaban J connectivity index is 1.75. The minimum Gasteiger partial charge on any atom is -0.450 e. The first kappa shape index (κ1) is 19.7. The number of rotatable bonds is 6. The number of nitrogens with one attached hydrogen (secondary N) is 2. The van der Waals surface area contributed by atoms with Gasteiger partial charge in [-0.2, -0.15) is 0 Å². The number of thiophene rings is 1. The summed E-state index contributed by atoms with van der Waals surface area (Å²) in [6.07, 6.45) is 0.884. The SMILES string of the molecule is CCOC(=O)N1CCC(NC(=O)CNS(=O)(=O)c2ccc(C)s2)CC1. The predicted octanol–water partition coefficient (Wildman–Crippen LogP) is 1.07. The summed E-state index contributed by atoms with van der Waals surface area (Å²) < 4.78 is 31.6. The minimum absolute atomic E-state index is 0.0772. The Morgan fingerprint density at radius 2 is 2.00 bits per heavy atom. The Morgan fingerprint density at radius 3 is 2.56 bits per heavy atom. The maximum atomic E-state index is 12.1. The topological polar surface area (TPSA) is 105 Å². The van der Waals surface area contributed by atoms with Gasteiger partial charge >= 0.3 is 6.09 Å². The highest BCUT2D eigenvalue weighted by Crippen LogP contribution is 2.20. The fourth-order valence-electron chi connectivity index (χ4n) is 2.49. The first-order valence-corrected chi connectivity index (χ1v) is 10.4. The third-order valence-corrected chi connectivity index (χ3v) is 6.68. The van der Waals surface area contributed by atoms with E-state index < -0.39 is 10.0 Å². The first-order chi connectivity index (χ1) is 11.8. The molecule has 0 spiro atoms. The van der Waals surface area contributed by atoms with Crippen LogP contribution in [0, 0.1) is 6.92 Å². The molecule has 1 aromatic heterocycles. The van der Waals surface area contributed by atoms with E-state index in [0.29, 0.717) is 32.5 Å². The molecule has 8 nitrogen and oxygen atoms in total. The molecular formula is C15H23N3O5S2. The zero-order chi connectivity index (χ0) is 18.4. The van der Waals surface area contributed by atoms with E-state index in [2.05, 4.69) is 10.0 Å². The standard InChI is InChI=1S/C15H23N3O5S2/c1-3-23-15(20)18-8-6-12(7-9-18)17-13(19)10-16-25(21,22)14-5-4-11(2)24-14/h4-5,12,16H,3,6-10H2,1-2H3,(H,17,19). The Kier molecular flexibility index (Phi) is 6.79. The number of aryl methyl sites for hydroxylation is 1.